The fourth-order valence-electron chi connectivity index (χ4n) is 4.48. The number of alkyl carbamates (subject to hydrolysis) is 1. The summed E-state index contributed by atoms with van der Waals surface area (Å²) in [6.45, 7) is 20.8. The number of carbonyl (C=O) groups is 3. The zero-order chi connectivity index (χ0) is 29.7. The minimum atomic E-state index is -0.941. The highest BCUT2D eigenvalue weighted by Gasteiger charge is 2.43. The molecule has 3 unspecified atom stereocenters. The highest BCUT2D eigenvalue weighted by atomic mass is 16.6. The van der Waals surface area contributed by atoms with Crippen molar-refractivity contribution in [3.05, 3.63) is 64.7 Å². The summed E-state index contributed by atoms with van der Waals surface area (Å²) >= 11 is 0. The zero-order valence-corrected chi connectivity index (χ0v) is 25.6. The second-order valence-electron chi connectivity index (χ2n) is 12.5. The molecule has 0 radical (unpaired) electrons. The standard InChI is InChI=1S/C32H47N3O4/c1-12-21(3)26(34-30(38)39-32(9,10)11)29(37)35(31(6,7)8)27(24-18-16-20(2)17-19-24)28(36)33-25-22(4)14-13-15-23(25)5/h13-19,21,26-27H,12H2,1-11H3,(H,33,36)(H,34,38). The summed E-state index contributed by atoms with van der Waals surface area (Å²) in [7, 11) is 0. The van der Waals surface area contributed by atoms with Gasteiger partial charge < -0.3 is 20.3 Å². The van der Waals surface area contributed by atoms with Crippen LogP contribution in [0.5, 0.6) is 0 Å². The first-order valence-electron chi connectivity index (χ1n) is 13.7. The van der Waals surface area contributed by atoms with Gasteiger partial charge in [-0.25, -0.2) is 4.79 Å². The quantitative estimate of drug-likeness (QED) is 0.385. The van der Waals surface area contributed by atoms with Crippen LogP contribution in [0, 0.1) is 26.7 Å². The SMILES string of the molecule is CCC(C)C(NC(=O)OC(C)(C)C)C(=O)N(C(C(=O)Nc1c(C)cccc1C)c1ccc(C)cc1)C(C)(C)C. The number of ether oxygens (including phenoxy) is 1. The first kappa shape index (κ1) is 31.9. The lowest BCUT2D eigenvalue weighted by Gasteiger charge is -2.44. The molecule has 0 saturated carbocycles. The molecule has 2 aromatic rings. The second-order valence-corrected chi connectivity index (χ2v) is 12.5. The molecule has 2 rings (SSSR count). The molecule has 0 aliphatic heterocycles. The molecule has 3 amide bonds. The summed E-state index contributed by atoms with van der Waals surface area (Å²) in [6, 6.07) is 11.7. The van der Waals surface area contributed by atoms with E-state index in [1.54, 1.807) is 25.7 Å². The van der Waals surface area contributed by atoms with Gasteiger partial charge in [-0.2, -0.15) is 0 Å². The average molecular weight is 538 g/mol. The molecule has 0 aliphatic rings. The van der Waals surface area contributed by atoms with Crippen LogP contribution in [0.1, 0.15) is 90.1 Å². The van der Waals surface area contributed by atoms with Gasteiger partial charge >= 0.3 is 6.09 Å². The highest BCUT2D eigenvalue weighted by Crippen LogP contribution is 2.33. The Morgan fingerprint density at radius 3 is 1.90 bits per heavy atom. The van der Waals surface area contributed by atoms with Gasteiger partial charge in [-0.15, -0.1) is 0 Å². The number of hydrogen-bond acceptors (Lipinski definition) is 4. The third-order valence-electron chi connectivity index (χ3n) is 6.74. The van der Waals surface area contributed by atoms with Crippen molar-refractivity contribution in [3.63, 3.8) is 0 Å². The van der Waals surface area contributed by atoms with Gasteiger partial charge in [0, 0.05) is 11.2 Å². The molecule has 7 nitrogen and oxygen atoms in total. The molecule has 0 aliphatic carbocycles. The number of carbonyl (C=O) groups excluding carboxylic acids is 3. The van der Waals surface area contributed by atoms with E-state index in [4.69, 9.17) is 4.74 Å². The molecule has 0 bridgehead atoms. The van der Waals surface area contributed by atoms with Crippen LogP contribution in [0.2, 0.25) is 0 Å². The van der Waals surface area contributed by atoms with Crippen molar-refractivity contribution in [2.75, 3.05) is 5.32 Å². The van der Waals surface area contributed by atoms with Gasteiger partial charge in [0.05, 0.1) is 0 Å². The third-order valence-corrected chi connectivity index (χ3v) is 6.74. The number of hydrogen-bond donors (Lipinski definition) is 2. The molecule has 0 fully saturated rings. The molecule has 7 heteroatoms. The third kappa shape index (κ3) is 8.57. The van der Waals surface area contributed by atoms with Crippen molar-refractivity contribution in [1.29, 1.82) is 0 Å². The van der Waals surface area contributed by atoms with Crippen LogP contribution in [0.4, 0.5) is 10.5 Å². The minimum absolute atomic E-state index is 0.199. The maximum absolute atomic E-state index is 14.4. The smallest absolute Gasteiger partial charge is 0.408 e. The van der Waals surface area contributed by atoms with Gasteiger partial charge in [0.25, 0.3) is 5.91 Å². The van der Waals surface area contributed by atoms with Crippen LogP contribution < -0.4 is 10.6 Å². The number of aryl methyl sites for hydroxylation is 3. The van der Waals surface area contributed by atoms with E-state index in [-0.39, 0.29) is 17.7 Å². The molecule has 2 aromatic carbocycles. The summed E-state index contributed by atoms with van der Waals surface area (Å²) in [4.78, 5) is 43.0. The van der Waals surface area contributed by atoms with E-state index in [9.17, 15) is 14.4 Å². The summed E-state index contributed by atoms with van der Waals surface area (Å²) in [5, 5.41) is 5.92. The van der Waals surface area contributed by atoms with Crippen molar-refractivity contribution < 1.29 is 19.1 Å². The van der Waals surface area contributed by atoms with Crippen LogP contribution >= 0.6 is 0 Å². The zero-order valence-electron chi connectivity index (χ0n) is 25.6. The topological polar surface area (TPSA) is 87.7 Å². The van der Waals surface area contributed by atoms with Crippen molar-refractivity contribution in [2.24, 2.45) is 5.92 Å². The van der Waals surface area contributed by atoms with Crippen molar-refractivity contribution in [3.8, 4) is 0 Å². The number of nitrogens with one attached hydrogen (secondary N) is 2. The average Bonchev–Trinajstić information content (AvgIpc) is 2.81. The Labute approximate surface area is 234 Å². The largest absolute Gasteiger partial charge is 0.444 e. The summed E-state index contributed by atoms with van der Waals surface area (Å²) in [5.41, 5.74) is 2.86. The predicted molar refractivity (Wildman–Crippen MR) is 158 cm³/mol. The van der Waals surface area contributed by atoms with E-state index in [1.807, 2.05) is 97.9 Å². The Kier molecular flexibility index (Phi) is 10.4. The van der Waals surface area contributed by atoms with Gasteiger partial charge in [0.1, 0.15) is 17.7 Å². The first-order valence-corrected chi connectivity index (χ1v) is 13.7. The predicted octanol–water partition coefficient (Wildman–Crippen LogP) is 6.86. The Hall–Kier alpha value is -3.35. The maximum Gasteiger partial charge on any atom is 0.408 e. The van der Waals surface area contributed by atoms with E-state index in [0.717, 1.165) is 22.4 Å². The molecule has 0 heterocycles. The fourth-order valence-corrected chi connectivity index (χ4v) is 4.48. The van der Waals surface area contributed by atoms with Gasteiger partial charge in [0.2, 0.25) is 5.91 Å². The maximum atomic E-state index is 14.4. The summed E-state index contributed by atoms with van der Waals surface area (Å²) in [6.07, 6.45) is -0.0181. The van der Waals surface area contributed by atoms with Crippen LogP contribution in [-0.2, 0) is 14.3 Å². The molecular formula is C32H47N3O4. The monoisotopic (exact) mass is 537 g/mol. The summed E-state index contributed by atoms with van der Waals surface area (Å²) < 4.78 is 5.49. The van der Waals surface area contributed by atoms with E-state index in [0.29, 0.717) is 12.0 Å². The second kappa shape index (κ2) is 12.7. The van der Waals surface area contributed by atoms with Gasteiger partial charge in [-0.1, -0.05) is 68.3 Å². The molecule has 0 spiro atoms. The minimum Gasteiger partial charge on any atom is -0.444 e. The van der Waals surface area contributed by atoms with E-state index >= 15 is 0 Å². The molecule has 0 saturated heterocycles. The highest BCUT2D eigenvalue weighted by molar-refractivity contribution is 6.00. The molecular weight excluding hydrogens is 490 g/mol. The lowest BCUT2D eigenvalue weighted by molar-refractivity contribution is -0.147. The Balaban J connectivity index is 2.64. The van der Waals surface area contributed by atoms with E-state index in [2.05, 4.69) is 10.6 Å². The summed E-state index contributed by atoms with van der Waals surface area (Å²) in [5.74, 6) is -0.861. The van der Waals surface area contributed by atoms with Crippen LogP contribution in [0.25, 0.3) is 0 Å². The van der Waals surface area contributed by atoms with E-state index < -0.39 is 29.3 Å². The number of benzene rings is 2. The molecule has 0 aromatic heterocycles. The van der Waals surface area contributed by atoms with Crippen molar-refractivity contribution >= 4 is 23.6 Å². The lowest BCUT2D eigenvalue weighted by Crippen LogP contribution is -2.59. The number of nitrogens with zero attached hydrogens (tertiary/aromatic N) is 1. The normalized spacial score (nSPS) is 14.1. The van der Waals surface area contributed by atoms with Crippen LogP contribution in [-0.4, -0.2) is 40.0 Å². The lowest BCUT2D eigenvalue weighted by atomic mass is 9.91. The van der Waals surface area contributed by atoms with Crippen molar-refractivity contribution in [2.45, 2.75) is 106 Å². The van der Waals surface area contributed by atoms with Crippen LogP contribution in [0.3, 0.4) is 0 Å². The van der Waals surface area contributed by atoms with E-state index in [1.165, 1.54) is 0 Å². The van der Waals surface area contributed by atoms with Crippen LogP contribution in [0.15, 0.2) is 42.5 Å². The molecule has 2 N–H and O–H groups in total. The Morgan fingerprint density at radius 1 is 0.897 bits per heavy atom. The van der Waals surface area contributed by atoms with Gasteiger partial charge in [-0.05, 0) is 84.9 Å². The molecule has 3 atom stereocenters. The molecule has 214 valence electrons. The van der Waals surface area contributed by atoms with Gasteiger partial charge in [0.15, 0.2) is 0 Å². The van der Waals surface area contributed by atoms with Crippen molar-refractivity contribution in [1.82, 2.24) is 10.2 Å². The number of rotatable bonds is 8. The number of para-hydroxylation sites is 1. The van der Waals surface area contributed by atoms with Gasteiger partial charge in [-0.3, -0.25) is 9.59 Å². The number of amides is 3. The number of anilines is 1. The molecule has 39 heavy (non-hydrogen) atoms. The first-order chi connectivity index (χ1) is 18.0. The Morgan fingerprint density at radius 2 is 1.44 bits per heavy atom. The fraction of sp³-hybridized carbons (Fsp3) is 0.531. The Bertz CT molecular complexity index is 1140.